The van der Waals surface area contributed by atoms with E-state index in [0.29, 0.717) is 3.42 Å². The van der Waals surface area contributed by atoms with Gasteiger partial charge in [-0.25, -0.2) is 0 Å². The number of rotatable bonds is 1. The highest BCUT2D eigenvalue weighted by molar-refractivity contribution is 14.1. The molecular weight excluding hydrogens is 237 g/mol. The summed E-state index contributed by atoms with van der Waals surface area (Å²) in [4.78, 5) is 0. The fourth-order valence-electron chi connectivity index (χ4n) is 1.78. The number of hydrogen-bond acceptors (Lipinski definition) is 1. The summed E-state index contributed by atoms with van der Waals surface area (Å²) in [6, 6.07) is 0. The van der Waals surface area contributed by atoms with Crippen molar-refractivity contribution in [1.29, 1.82) is 0 Å². The van der Waals surface area contributed by atoms with Crippen LogP contribution in [0, 0.1) is 5.92 Å². The Morgan fingerprint density at radius 1 is 1.70 bits per heavy atom. The van der Waals surface area contributed by atoms with E-state index in [4.69, 9.17) is 5.73 Å². The highest BCUT2D eigenvalue weighted by Gasteiger charge is 2.30. The second kappa shape index (κ2) is 3.39. The monoisotopic (exact) mass is 253 g/mol. The molecule has 2 N–H and O–H groups in total. The highest BCUT2D eigenvalue weighted by Crippen LogP contribution is 2.38. The summed E-state index contributed by atoms with van der Waals surface area (Å²) in [7, 11) is 0. The van der Waals surface area contributed by atoms with E-state index in [1.807, 2.05) is 0 Å². The molecule has 2 heteroatoms. The van der Waals surface area contributed by atoms with Crippen molar-refractivity contribution in [3.8, 4) is 0 Å². The summed E-state index contributed by atoms with van der Waals surface area (Å²) in [5.41, 5.74) is 5.69. The van der Waals surface area contributed by atoms with Crippen LogP contribution < -0.4 is 5.73 Å². The van der Waals surface area contributed by atoms with Gasteiger partial charge in [0.15, 0.2) is 0 Å². The predicted octanol–water partition coefficient (Wildman–Crippen LogP) is 2.33. The van der Waals surface area contributed by atoms with Crippen LogP contribution in [0.5, 0.6) is 0 Å². The zero-order chi connectivity index (χ0) is 7.61. The summed E-state index contributed by atoms with van der Waals surface area (Å²) < 4.78 is 0.440. The molecule has 0 radical (unpaired) electrons. The van der Waals surface area contributed by atoms with E-state index < -0.39 is 0 Å². The van der Waals surface area contributed by atoms with Gasteiger partial charge in [0, 0.05) is 9.97 Å². The van der Waals surface area contributed by atoms with E-state index in [2.05, 4.69) is 29.5 Å². The lowest BCUT2D eigenvalue weighted by atomic mass is 9.82. The Morgan fingerprint density at radius 2 is 2.40 bits per heavy atom. The second-order valence-corrected chi connectivity index (χ2v) is 5.84. The Balaban J connectivity index is 2.45. The first-order chi connectivity index (χ1) is 4.66. The first-order valence-electron chi connectivity index (χ1n) is 4.05. The van der Waals surface area contributed by atoms with Crippen LogP contribution in [0.15, 0.2) is 0 Å². The topological polar surface area (TPSA) is 26.0 Å². The normalized spacial score (nSPS) is 41.7. The number of nitrogens with two attached hydrogens (primary N) is 1. The highest BCUT2D eigenvalue weighted by atomic mass is 127. The van der Waals surface area contributed by atoms with Gasteiger partial charge in [0.25, 0.3) is 0 Å². The average Bonchev–Trinajstić information content (AvgIpc) is 1.88. The zero-order valence-corrected chi connectivity index (χ0v) is 8.73. The minimum absolute atomic E-state index is 0.440. The molecule has 1 saturated carbocycles. The third kappa shape index (κ3) is 2.09. The Hall–Kier alpha value is 0.690. The van der Waals surface area contributed by atoms with Crippen LogP contribution in [0.1, 0.15) is 32.6 Å². The van der Waals surface area contributed by atoms with E-state index >= 15 is 0 Å². The van der Waals surface area contributed by atoms with E-state index in [0.717, 1.165) is 12.5 Å². The molecule has 0 saturated heterocycles. The predicted molar refractivity (Wildman–Crippen MR) is 53.4 cm³/mol. The second-order valence-electron chi connectivity index (χ2n) is 3.56. The maximum Gasteiger partial charge on any atom is 0.0347 e. The summed E-state index contributed by atoms with van der Waals surface area (Å²) >= 11 is 2.54. The fourth-order valence-corrected chi connectivity index (χ4v) is 2.91. The van der Waals surface area contributed by atoms with Gasteiger partial charge in [-0.3, -0.25) is 0 Å². The fraction of sp³-hybridized carbons (Fsp3) is 1.00. The SMILES string of the molecule is CC1CCCC(I)(CN)C1. The van der Waals surface area contributed by atoms with Crippen molar-refractivity contribution >= 4 is 22.6 Å². The van der Waals surface area contributed by atoms with Crippen molar-refractivity contribution in [1.82, 2.24) is 0 Å². The Morgan fingerprint density at radius 3 is 2.80 bits per heavy atom. The molecule has 2 atom stereocenters. The van der Waals surface area contributed by atoms with Crippen LogP contribution in [0.4, 0.5) is 0 Å². The van der Waals surface area contributed by atoms with Crippen molar-refractivity contribution < 1.29 is 0 Å². The lowest BCUT2D eigenvalue weighted by molar-refractivity contribution is 0.331. The van der Waals surface area contributed by atoms with Crippen molar-refractivity contribution in [2.75, 3.05) is 6.54 Å². The molecule has 0 aromatic heterocycles. The third-order valence-corrected chi connectivity index (χ3v) is 3.82. The van der Waals surface area contributed by atoms with Gasteiger partial charge < -0.3 is 5.73 Å². The Labute approximate surface area is 76.9 Å². The van der Waals surface area contributed by atoms with Crippen LogP contribution in [0.25, 0.3) is 0 Å². The van der Waals surface area contributed by atoms with Crippen LogP contribution >= 0.6 is 22.6 Å². The molecule has 1 aliphatic rings. The quantitative estimate of drug-likeness (QED) is 0.563. The standard InChI is InChI=1S/C8H16IN/c1-7-3-2-4-8(9,5-7)6-10/h7H,2-6,10H2,1H3. The van der Waals surface area contributed by atoms with Crippen molar-refractivity contribution in [2.45, 2.75) is 36.0 Å². The van der Waals surface area contributed by atoms with Crippen LogP contribution in [-0.2, 0) is 0 Å². The van der Waals surface area contributed by atoms with Gasteiger partial charge >= 0.3 is 0 Å². The third-order valence-electron chi connectivity index (χ3n) is 2.40. The molecule has 1 aliphatic carbocycles. The lowest BCUT2D eigenvalue weighted by Gasteiger charge is -2.33. The maximum absolute atomic E-state index is 5.69. The van der Waals surface area contributed by atoms with Gasteiger partial charge in [0.1, 0.15) is 0 Å². The molecule has 1 fully saturated rings. The molecule has 0 bridgehead atoms. The molecule has 0 spiro atoms. The first-order valence-corrected chi connectivity index (χ1v) is 5.13. The molecule has 1 rings (SSSR count). The van der Waals surface area contributed by atoms with E-state index in [-0.39, 0.29) is 0 Å². The number of alkyl halides is 1. The minimum Gasteiger partial charge on any atom is -0.329 e. The molecule has 10 heavy (non-hydrogen) atoms. The van der Waals surface area contributed by atoms with E-state index in [1.54, 1.807) is 0 Å². The average molecular weight is 253 g/mol. The summed E-state index contributed by atoms with van der Waals surface area (Å²) in [5, 5.41) is 0. The van der Waals surface area contributed by atoms with Crippen molar-refractivity contribution in [3.63, 3.8) is 0 Å². The molecule has 0 aromatic rings. The van der Waals surface area contributed by atoms with Gasteiger partial charge in [0.2, 0.25) is 0 Å². The molecule has 0 heterocycles. The zero-order valence-electron chi connectivity index (χ0n) is 6.57. The van der Waals surface area contributed by atoms with Gasteiger partial charge in [-0.05, 0) is 18.8 Å². The summed E-state index contributed by atoms with van der Waals surface area (Å²) in [6.07, 6.45) is 5.44. The number of hydrogen-bond donors (Lipinski definition) is 1. The largest absolute Gasteiger partial charge is 0.329 e. The van der Waals surface area contributed by atoms with Crippen LogP contribution in [-0.4, -0.2) is 9.97 Å². The Bertz CT molecular complexity index is 116. The molecule has 60 valence electrons. The minimum atomic E-state index is 0.440. The molecule has 0 aromatic carbocycles. The molecular formula is C8H16IN. The maximum atomic E-state index is 5.69. The molecule has 0 aliphatic heterocycles. The van der Waals surface area contributed by atoms with Gasteiger partial charge in [-0.1, -0.05) is 42.4 Å². The Kier molecular flexibility index (Phi) is 2.98. The van der Waals surface area contributed by atoms with Gasteiger partial charge in [0.05, 0.1) is 0 Å². The van der Waals surface area contributed by atoms with Crippen LogP contribution in [0.3, 0.4) is 0 Å². The van der Waals surface area contributed by atoms with E-state index in [9.17, 15) is 0 Å². The molecule has 0 amide bonds. The lowest BCUT2D eigenvalue weighted by Crippen LogP contribution is -2.35. The van der Waals surface area contributed by atoms with Gasteiger partial charge in [-0.2, -0.15) is 0 Å². The molecule has 1 nitrogen and oxygen atoms in total. The van der Waals surface area contributed by atoms with Crippen LogP contribution in [0.2, 0.25) is 0 Å². The first kappa shape index (κ1) is 8.78. The van der Waals surface area contributed by atoms with E-state index in [1.165, 1.54) is 25.7 Å². The molecule has 2 unspecified atom stereocenters. The number of halogens is 1. The smallest absolute Gasteiger partial charge is 0.0347 e. The summed E-state index contributed by atoms with van der Waals surface area (Å²) in [6.45, 7) is 3.19. The van der Waals surface area contributed by atoms with Crippen molar-refractivity contribution in [3.05, 3.63) is 0 Å². The van der Waals surface area contributed by atoms with Gasteiger partial charge in [-0.15, -0.1) is 0 Å². The van der Waals surface area contributed by atoms with Crippen molar-refractivity contribution in [2.24, 2.45) is 11.7 Å². The summed E-state index contributed by atoms with van der Waals surface area (Å²) in [5.74, 6) is 0.897.